The van der Waals surface area contributed by atoms with Gasteiger partial charge in [-0.05, 0) is 30.5 Å². The van der Waals surface area contributed by atoms with Crippen LogP contribution in [0, 0.1) is 0 Å². The summed E-state index contributed by atoms with van der Waals surface area (Å²) < 4.78 is 2.04. The quantitative estimate of drug-likeness (QED) is 0.741. The molecule has 128 valence electrons. The smallest absolute Gasteiger partial charge is 0.0983 e. The van der Waals surface area contributed by atoms with Crippen molar-refractivity contribution in [2.75, 3.05) is 0 Å². The van der Waals surface area contributed by atoms with E-state index in [0.717, 1.165) is 24.3 Å². The maximum absolute atomic E-state index is 4.86. The molecule has 4 heteroatoms. The van der Waals surface area contributed by atoms with Crippen molar-refractivity contribution < 1.29 is 0 Å². The zero-order valence-corrected chi connectivity index (χ0v) is 14.4. The first kappa shape index (κ1) is 16.0. The summed E-state index contributed by atoms with van der Waals surface area (Å²) >= 11 is 0. The number of aromatic nitrogens is 3. The second-order valence-electron chi connectivity index (χ2n) is 6.79. The van der Waals surface area contributed by atoms with Gasteiger partial charge in [0, 0.05) is 42.3 Å². The predicted octanol–water partition coefficient (Wildman–Crippen LogP) is 4.03. The first-order chi connectivity index (χ1) is 12.4. The lowest BCUT2D eigenvalue weighted by atomic mass is 10.1. The van der Waals surface area contributed by atoms with Crippen LogP contribution in [0.15, 0.2) is 61.1 Å². The molecule has 0 unspecified atom stereocenters. The predicted molar refractivity (Wildman–Crippen MR) is 100 cm³/mol. The fraction of sp³-hybridized carbons (Fsp3) is 0.333. The van der Waals surface area contributed by atoms with Gasteiger partial charge in [0.15, 0.2) is 0 Å². The van der Waals surface area contributed by atoms with Gasteiger partial charge in [0.05, 0.1) is 12.2 Å². The number of benzene rings is 1. The topological polar surface area (TPSA) is 42.7 Å². The molecule has 3 aromatic rings. The van der Waals surface area contributed by atoms with E-state index in [-0.39, 0.29) is 0 Å². The zero-order valence-electron chi connectivity index (χ0n) is 14.4. The third-order valence-electron chi connectivity index (χ3n) is 4.90. The van der Waals surface area contributed by atoms with E-state index in [1.54, 1.807) is 6.20 Å². The van der Waals surface area contributed by atoms with Crippen molar-refractivity contribution in [1.82, 2.24) is 20.1 Å². The molecule has 2 aromatic heterocycles. The lowest BCUT2D eigenvalue weighted by Crippen LogP contribution is -2.25. The highest BCUT2D eigenvalue weighted by Crippen LogP contribution is 2.23. The standard InChI is InChI=1S/C21H24N4/c1-2-7-17(8-3-1)15-25-16-19(14-23-20-10-4-5-11-20)21(24-25)18-9-6-12-22-13-18/h1-3,6-9,12-13,16,20,23H,4-5,10-11,14-15H2. The molecule has 0 radical (unpaired) electrons. The normalized spacial score (nSPS) is 14.9. The van der Waals surface area contributed by atoms with Crippen LogP contribution in [0.5, 0.6) is 0 Å². The van der Waals surface area contributed by atoms with Gasteiger partial charge in [-0.1, -0.05) is 43.2 Å². The number of rotatable bonds is 6. The van der Waals surface area contributed by atoms with Gasteiger partial charge in [0.25, 0.3) is 0 Å². The Kier molecular flexibility index (Phi) is 4.89. The summed E-state index contributed by atoms with van der Waals surface area (Å²) in [5.74, 6) is 0. The minimum atomic E-state index is 0.652. The second kappa shape index (κ2) is 7.62. The summed E-state index contributed by atoms with van der Waals surface area (Å²) in [6.45, 7) is 1.65. The molecule has 4 nitrogen and oxygen atoms in total. The van der Waals surface area contributed by atoms with E-state index in [2.05, 4.69) is 46.8 Å². The van der Waals surface area contributed by atoms with Gasteiger partial charge in [0.2, 0.25) is 0 Å². The Morgan fingerprint density at radius 2 is 1.88 bits per heavy atom. The molecule has 0 aliphatic heterocycles. The molecule has 1 aliphatic rings. The average Bonchev–Trinajstić information content (AvgIpc) is 3.31. The van der Waals surface area contributed by atoms with Crippen molar-refractivity contribution in [3.63, 3.8) is 0 Å². The highest BCUT2D eigenvalue weighted by Gasteiger charge is 2.17. The molecule has 0 spiro atoms. The summed E-state index contributed by atoms with van der Waals surface area (Å²) in [7, 11) is 0. The summed E-state index contributed by atoms with van der Waals surface area (Å²) in [5, 5.41) is 8.57. The molecule has 0 saturated heterocycles. The largest absolute Gasteiger partial charge is 0.310 e. The molecule has 1 saturated carbocycles. The van der Waals surface area contributed by atoms with Gasteiger partial charge in [-0.2, -0.15) is 5.10 Å². The van der Waals surface area contributed by atoms with Gasteiger partial charge < -0.3 is 5.32 Å². The molecule has 1 aromatic carbocycles. The maximum Gasteiger partial charge on any atom is 0.0983 e. The van der Waals surface area contributed by atoms with Gasteiger partial charge in [0.1, 0.15) is 0 Å². The molecule has 1 N–H and O–H groups in total. The Morgan fingerprint density at radius 3 is 2.64 bits per heavy atom. The minimum absolute atomic E-state index is 0.652. The molecule has 0 bridgehead atoms. The van der Waals surface area contributed by atoms with E-state index in [1.807, 2.05) is 23.0 Å². The average molecular weight is 332 g/mol. The van der Waals surface area contributed by atoms with E-state index in [1.165, 1.54) is 36.8 Å². The number of hydrogen-bond acceptors (Lipinski definition) is 3. The molecule has 1 aliphatic carbocycles. The number of nitrogens with zero attached hydrogens (tertiary/aromatic N) is 3. The fourth-order valence-corrected chi connectivity index (χ4v) is 3.57. The minimum Gasteiger partial charge on any atom is -0.310 e. The molecule has 1 fully saturated rings. The Morgan fingerprint density at radius 1 is 1.04 bits per heavy atom. The van der Waals surface area contributed by atoms with Crippen LogP contribution in [-0.4, -0.2) is 20.8 Å². The Balaban J connectivity index is 1.58. The van der Waals surface area contributed by atoms with E-state index in [9.17, 15) is 0 Å². The maximum atomic E-state index is 4.86. The molecule has 0 atom stereocenters. The van der Waals surface area contributed by atoms with E-state index in [4.69, 9.17) is 5.10 Å². The van der Waals surface area contributed by atoms with Crippen molar-refractivity contribution in [1.29, 1.82) is 0 Å². The lowest BCUT2D eigenvalue weighted by Gasteiger charge is -2.11. The van der Waals surface area contributed by atoms with Crippen molar-refractivity contribution in [3.05, 3.63) is 72.2 Å². The third-order valence-corrected chi connectivity index (χ3v) is 4.90. The summed E-state index contributed by atoms with van der Waals surface area (Å²) in [5.41, 5.74) is 4.63. The Bertz CT molecular complexity index is 789. The highest BCUT2D eigenvalue weighted by molar-refractivity contribution is 5.61. The van der Waals surface area contributed by atoms with Crippen molar-refractivity contribution in [3.8, 4) is 11.3 Å². The Labute approximate surface area is 148 Å². The molecular weight excluding hydrogens is 308 g/mol. The van der Waals surface area contributed by atoms with Crippen LogP contribution in [0.4, 0.5) is 0 Å². The Hall–Kier alpha value is -2.46. The summed E-state index contributed by atoms with van der Waals surface area (Å²) in [4.78, 5) is 4.26. The first-order valence-corrected chi connectivity index (χ1v) is 9.12. The first-order valence-electron chi connectivity index (χ1n) is 9.12. The van der Waals surface area contributed by atoms with Crippen LogP contribution in [0.25, 0.3) is 11.3 Å². The third kappa shape index (κ3) is 3.97. The van der Waals surface area contributed by atoms with E-state index < -0.39 is 0 Å². The van der Waals surface area contributed by atoms with Crippen LogP contribution in [0.3, 0.4) is 0 Å². The SMILES string of the molecule is c1ccc(Cn2cc(CNC3CCCC3)c(-c3cccnc3)n2)cc1. The van der Waals surface area contributed by atoms with Crippen LogP contribution < -0.4 is 5.32 Å². The molecule has 4 rings (SSSR count). The molecule has 25 heavy (non-hydrogen) atoms. The van der Waals surface area contributed by atoms with Gasteiger partial charge in [-0.3, -0.25) is 9.67 Å². The van der Waals surface area contributed by atoms with E-state index in [0.29, 0.717) is 6.04 Å². The van der Waals surface area contributed by atoms with Crippen molar-refractivity contribution in [2.45, 2.75) is 44.8 Å². The molecular formula is C21H24N4. The van der Waals surface area contributed by atoms with Gasteiger partial charge >= 0.3 is 0 Å². The fourth-order valence-electron chi connectivity index (χ4n) is 3.57. The number of hydrogen-bond donors (Lipinski definition) is 1. The monoisotopic (exact) mass is 332 g/mol. The van der Waals surface area contributed by atoms with Crippen LogP contribution in [0.1, 0.15) is 36.8 Å². The molecule has 0 amide bonds. The van der Waals surface area contributed by atoms with Crippen molar-refractivity contribution >= 4 is 0 Å². The number of pyridine rings is 1. The summed E-state index contributed by atoms with van der Waals surface area (Å²) in [6, 6.07) is 15.2. The zero-order chi connectivity index (χ0) is 16.9. The van der Waals surface area contributed by atoms with Crippen LogP contribution in [0.2, 0.25) is 0 Å². The number of nitrogens with one attached hydrogen (secondary N) is 1. The highest BCUT2D eigenvalue weighted by atomic mass is 15.3. The molecule has 2 heterocycles. The lowest BCUT2D eigenvalue weighted by molar-refractivity contribution is 0.524. The van der Waals surface area contributed by atoms with Crippen LogP contribution >= 0.6 is 0 Å². The van der Waals surface area contributed by atoms with Crippen LogP contribution in [-0.2, 0) is 13.1 Å². The van der Waals surface area contributed by atoms with Crippen molar-refractivity contribution in [2.24, 2.45) is 0 Å². The second-order valence-corrected chi connectivity index (χ2v) is 6.79. The van der Waals surface area contributed by atoms with Gasteiger partial charge in [-0.15, -0.1) is 0 Å². The van der Waals surface area contributed by atoms with E-state index >= 15 is 0 Å². The van der Waals surface area contributed by atoms with Gasteiger partial charge in [-0.25, -0.2) is 0 Å². The summed E-state index contributed by atoms with van der Waals surface area (Å²) in [6.07, 6.45) is 11.2.